The van der Waals surface area contributed by atoms with E-state index in [1.165, 1.54) is 0 Å². The van der Waals surface area contributed by atoms with Crippen molar-refractivity contribution in [3.63, 3.8) is 0 Å². The Morgan fingerprint density at radius 3 is 2.06 bits per heavy atom. The van der Waals surface area contributed by atoms with Crippen LogP contribution in [0.5, 0.6) is 0 Å². The van der Waals surface area contributed by atoms with Crippen molar-refractivity contribution in [1.82, 2.24) is 0 Å². The molecule has 16 heavy (non-hydrogen) atoms. The fraction of sp³-hybridized carbons (Fsp3) is 0.923. The quantitative estimate of drug-likeness (QED) is 0.449. The average Bonchev–Trinajstić information content (AvgIpc) is 2.33. The van der Waals surface area contributed by atoms with E-state index < -0.39 is 0 Å². The highest BCUT2D eigenvalue weighted by molar-refractivity contribution is 5.69. The summed E-state index contributed by atoms with van der Waals surface area (Å²) in [6.45, 7) is 13.5. The molecule has 0 aromatic rings. The number of quaternary nitrogens is 1. The largest absolute Gasteiger partial charge is 0.460 e. The van der Waals surface area contributed by atoms with Gasteiger partial charge in [0.1, 0.15) is 13.2 Å². The van der Waals surface area contributed by atoms with Crippen LogP contribution in [-0.2, 0) is 9.53 Å². The van der Waals surface area contributed by atoms with Gasteiger partial charge in [-0.25, -0.2) is 0 Å². The first-order valence-electron chi connectivity index (χ1n) is 6.64. The lowest BCUT2D eigenvalue weighted by atomic mass is 10.2. The number of hydrogen-bond acceptors (Lipinski definition) is 2. The van der Waals surface area contributed by atoms with E-state index >= 15 is 0 Å². The van der Waals surface area contributed by atoms with E-state index in [2.05, 4.69) is 27.7 Å². The van der Waals surface area contributed by atoms with Crippen molar-refractivity contribution >= 4 is 5.97 Å². The molecule has 0 saturated heterocycles. The highest BCUT2D eigenvalue weighted by Crippen LogP contribution is 2.05. The van der Waals surface area contributed by atoms with Crippen LogP contribution in [-0.4, -0.2) is 43.2 Å². The van der Waals surface area contributed by atoms with Gasteiger partial charge in [-0.15, -0.1) is 0 Å². The minimum absolute atomic E-state index is 0.0386. The van der Waals surface area contributed by atoms with Gasteiger partial charge in [0.2, 0.25) is 0 Å². The molecule has 0 aromatic heterocycles. The monoisotopic (exact) mass is 230 g/mol. The lowest BCUT2D eigenvalue weighted by Gasteiger charge is -2.35. The molecule has 96 valence electrons. The smallest absolute Gasteiger partial charge is 0.305 e. The zero-order valence-corrected chi connectivity index (χ0v) is 11.4. The Bertz CT molecular complexity index is 180. The highest BCUT2D eigenvalue weighted by Gasteiger charge is 2.20. The van der Waals surface area contributed by atoms with Crippen LogP contribution >= 0.6 is 0 Å². The second-order valence-corrected chi connectivity index (χ2v) is 4.34. The maximum Gasteiger partial charge on any atom is 0.305 e. The van der Waals surface area contributed by atoms with Crippen molar-refractivity contribution in [3.05, 3.63) is 0 Å². The fourth-order valence-corrected chi connectivity index (χ4v) is 1.89. The Morgan fingerprint density at radius 1 is 1.06 bits per heavy atom. The number of ether oxygens (including phenoxy) is 1. The zero-order valence-electron chi connectivity index (χ0n) is 11.4. The molecular formula is C13H28NO2+. The molecule has 0 N–H and O–H groups in total. The standard InChI is InChI=1S/C13H28NO2/c1-5-9-10-13(15)16-12-11-14(6-2,7-3)8-4/h5-12H2,1-4H3/q+1. The van der Waals surface area contributed by atoms with Crippen molar-refractivity contribution in [1.29, 1.82) is 0 Å². The Morgan fingerprint density at radius 2 is 1.62 bits per heavy atom. The van der Waals surface area contributed by atoms with Gasteiger partial charge in [0.05, 0.1) is 19.6 Å². The van der Waals surface area contributed by atoms with Gasteiger partial charge >= 0.3 is 5.97 Å². The first kappa shape index (κ1) is 15.4. The van der Waals surface area contributed by atoms with E-state index in [4.69, 9.17) is 4.74 Å². The minimum atomic E-state index is -0.0386. The van der Waals surface area contributed by atoms with Gasteiger partial charge < -0.3 is 9.22 Å². The lowest BCUT2D eigenvalue weighted by Crippen LogP contribution is -2.49. The molecule has 0 fully saturated rings. The van der Waals surface area contributed by atoms with Gasteiger partial charge in [0.15, 0.2) is 0 Å². The third-order valence-electron chi connectivity index (χ3n) is 3.58. The van der Waals surface area contributed by atoms with Crippen molar-refractivity contribution in [3.8, 4) is 0 Å². The highest BCUT2D eigenvalue weighted by atomic mass is 16.5. The summed E-state index contributed by atoms with van der Waals surface area (Å²) in [5.74, 6) is -0.0386. The van der Waals surface area contributed by atoms with E-state index in [1.54, 1.807) is 0 Å². The van der Waals surface area contributed by atoms with Crippen LogP contribution in [0, 0.1) is 0 Å². The average molecular weight is 230 g/mol. The fourth-order valence-electron chi connectivity index (χ4n) is 1.89. The number of rotatable bonds is 9. The Balaban J connectivity index is 3.81. The summed E-state index contributed by atoms with van der Waals surface area (Å²) in [6, 6.07) is 0. The van der Waals surface area contributed by atoms with E-state index in [1.807, 2.05) is 0 Å². The summed E-state index contributed by atoms with van der Waals surface area (Å²) in [4.78, 5) is 11.3. The lowest BCUT2D eigenvalue weighted by molar-refractivity contribution is -0.923. The number of carbonyl (C=O) groups excluding carboxylic acids is 1. The molecule has 0 aliphatic carbocycles. The van der Waals surface area contributed by atoms with E-state index in [0.29, 0.717) is 13.0 Å². The van der Waals surface area contributed by atoms with Crippen molar-refractivity contribution < 1.29 is 14.0 Å². The summed E-state index contributed by atoms with van der Waals surface area (Å²) in [7, 11) is 0. The maximum absolute atomic E-state index is 11.3. The molecule has 3 nitrogen and oxygen atoms in total. The number of hydrogen-bond donors (Lipinski definition) is 0. The molecule has 0 aromatic carbocycles. The van der Waals surface area contributed by atoms with Gasteiger partial charge in [0, 0.05) is 6.42 Å². The van der Waals surface area contributed by atoms with Gasteiger partial charge in [-0.1, -0.05) is 13.3 Å². The number of nitrogens with zero attached hydrogens (tertiary/aromatic N) is 1. The normalized spacial score (nSPS) is 11.5. The first-order valence-corrected chi connectivity index (χ1v) is 6.64. The molecule has 0 spiro atoms. The molecule has 0 unspecified atom stereocenters. The molecule has 0 saturated carbocycles. The van der Waals surface area contributed by atoms with Crippen molar-refractivity contribution in [2.75, 3.05) is 32.8 Å². The van der Waals surface area contributed by atoms with Crippen molar-refractivity contribution in [2.24, 2.45) is 0 Å². The zero-order chi connectivity index (χ0) is 12.4. The number of esters is 1. The van der Waals surface area contributed by atoms with Crippen LogP contribution in [0.4, 0.5) is 0 Å². The molecule has 0 aliphatic rings. The summed E-state index contributed by atoms with van der Waals surface area (Å²) in [5.41, 5.74) is 0. The van der Waals surface area contributed by atoms with Gasteiger partial charge in [-0.3, -0.25) is 4.79 Å². The van der Waals surface area contributed by atoms with Gasteiger partial charge in [-0.05, 0) is 27.2 Å². The van der Waals surface area contributed by atoms with E-state index in [9.17, 15) is 4.79 Å². The topological polar surface area (TPSA) is 26.3 Å². The first-order chi connectivity index (χ1) is 7.64. The molecular weight excluding hydrogens is 202 g/mol. The molecule has 0 aliphatic heterocycles. The third kappa shape index (κ3) is 5.50. The second kappa shape index (κ2) is 8.57. The number of likely N-dealkylation sites (N-methyl/N-ethyl adjacent to an activating group) is 1. The van der Waals surface area contributed by atoms with Crippen LogP contribution < -0.4 is 0 Å². The molecule has 0 rings (SSSR count). The summed E-state index contributed by atoms with van der Waals surface area (Å²) < 4.78 is 6.29. The molecule has 3 heteroatoms. The predicted molar refractivity (Wildman–Crippen MR) is 67.2 cm³/mol. The Kier molecular flexibility index (Phi) is 8.26. The summed E-state index contributed by atoms with van der Waals surface area (Å²) >= 11 is 0. The molecule has 0 radical (unpaired) electrons. The Labute approximate surface area is 100 Å². The van der Waals surface area contributed by atoms with E-state index in [0.717, 1.165) is 43.5 Å². The van der Waals surface area contributed by atoms with Crippen molar-refractivity contribution in [2.45, 2.75) is 47.0 Å². The van der Waals surface area contributed by atoms with Crippen LogP contribution in [0.15, 0.2) is 0 Å². The van der Waals surface area contributed by atoms with Gasteiger partial charge in [0.25, 0.3) is 0 Å². The summed E-state index contributed by atoms with van der Waals surface area (Å²) in [5, 5.41) is 0. The van der Waals surface area contributed by atoms with Crippen LogP contribution in [0.25, 0.3) is 0 Å². The van der Waals surface area contributed by atoms with Gasteiger partial charge in [-0.2, -0.15) is 0 Å². The number of unbranched alkanes of at least 4 members (excludes halogenated alkanes) is 1. The predicted octanol–water partition coefficient (Wildman–Crippen LogP) is 2.60. The van der Waals surface area contributed by atoms with Crippen LogP contribution in [0.2, 0.25) is 0 Å². The SMILES string of the molecule is CCCCC(=O)OCC[N+](CC)(CC)CC. The van der Waals surface area contributed by atoms with E-state index in [-0.39, 0.29) is 5.97 Å². The molecule has 0 bridgehead atoms. The molecule has 0 amide bonds. The molecule has 0 atom stereocenters. The Hall–Kier alpha value is -0.570. The van der Waals surface area contributed by atoms with Crippen LogP contribution in [0.3, 0.4) is 0 Å². The number of carbonyl (C=O) groups is 1. The third-order valence-corrected chi connectivity index (χ3v) is 3.58. The minimum Gasteiger partial charge on any atom is -0.460 e. The van der Waals surface area contributed by atoms with Crippen LogP contribution in [0.1, 0.15) is 47.0 Å². The summed E-state index contributed by atoms with van der Waals surface area (Å²) in [6.07, 6.45) is 2.56. The molecule has 0 heterocycles. The maximum atomic E-state index is 11.3. The second-order valence-electron chi connectivity index (χ2n) is 4.34.